The fourth-order valence-corrected chi connectivity index (χ4v) is 1.72. The topological polar surface area (TPSA) is 78.4 Å². The lowest BCUT2D eigenvalue weighted by Gasteiger charge is -2.08. The van der Waals surface area contributed by atoms with Crippen LogP contribution in [0.2, 0.25) is 0 Å². The Morgan fingerprint density at radius 3 is 2.65 bits per heavy atom. The Balaban J connectivity index is 0.00000200. The zero-order valence-electron chi connectivity index (χ0n) is 10.9. The zero-order valence-corrected chi connectivity index (χ0v) is 11.7. The number of rotatable bonds is 4. The van der Waals surface area contributed by atoms with Gasteiger partial charge in [-0.25, -0.2) is 0 Å². The summed E-state index contributed by atoms with van der Waals surface area (Å²) in [7, 11) is 0. The smallest absolute Gasteiger partial charge is 0.311 e. The number of aryl methyl sites for hydroxylation is 1. The Morgan fingerprint density at radius 2 is 2.00 bits per heavy atom. The van der Waals surface area contributed by atoms with Gasteiger partial charge in [0.25, 0.3) is 0 Å². The Labute approximate surface area is 122 Å². The van der Waals surface area contributed by atoms with Gasteiger partial charge in [-0.2, -0.15) is 0 Å². The van der Waals surface area contributed by atoms with Gasteiger partial charge in [0.15, 0.2) is 0 Å². The molecule has 0 bridgehead atoms. The van der Waals surface area contributed by atoms with Gasteiger partial charge in [-0.05, 0) is 36.2 Å². The van der Waals surface area contributed by atoms with Gasteiger partial charge in [0, 0.05) is 12.6 Å². The Hall–Kier alpha value is -2.11. The van der Waals surface area contributed by atoms with E-state index in [1.807, 2.05) is 13.0 Å². The first-order valence-electron chi connectivity index (χ1n) is 5.82. The number of nitrogens with zero attached hydrogens (tertiary/aromatic N) is 1. The van der Waals surface area contributed by atoms with Gasteiger partial charge < -0.3 is 10.5 Å². The molecule has 0 fully saturated rings. The summed E-state index contributed by atoms with van der Waals surface area (Å²) in [5, 5.41) is 11.0. The van der Waals surface area contributed by atoms with E-state index >= 15 is 0 Å². The van der Waals surface area contributed by atoms with Crippen molar-refractivity contribution >= 4 is 18.1 Å². The summed E-state index contributed by atoms with van der Waals surface area (Å²) in [6.07, 6.45) is 0. The van der Waals surface area contributed by atoms with Crippen LogP contribution in [0.3, 0.4) is 0 Å². The van der Waals surface area contributed by atoms with Crippen molar-refractivity contribution in [3.05, 3.63) is 63.7 Å². The normalized spacial score (nSPS) is 9.70. The highest BCUT2D eigenvalue weighted by Gasteiger charge is 2.15. The lowest BCUT2D eigenvalue weighted by molar-refractivity contribution is -0.385. The van der Waals surface area contributed by atoms with Crippen LogP contribution in [0.5, 0.6) is 11.5 Å². The largest absolute Gasteiger partial charge is 0.450 e. The fraction of sp³-hybridized carbons (Fsp3) is 0.143. The molecule has 0 saturated carbocycles. The van der Waals surface area contributed by atoms with Crippen LogP contribution in [-0.4, -0.2) is 4.92 Å². The van der Waals surface area contributed by atoms with Crippen LogP contribution in [0, 0.1) is 17.0 Å². The van der Waals surface area contributed by atoms with Gasteiger partial charge in [-0.1, -0.05) is 18.2 Å². The molecule has 6 heteroatoms. The van der Waals surface area contributed by atoms with Crippen LogP contribution >= 0.6 is 12.4 Å². The van der Waals surface area contributed by atoms with E-state index in [1.165, 1.54) is 6.07 Å². The summed E-state index contributed by atoms with van der Waals surface area (Å²) in [5.41, 5.74) is 7.31. The molecule has 0 aliphatic heterocycles. The summed E-state index contributed by atoms with van der Waals surface area (Å²) in [5.74, 6) is 0.774. The molecule has 0 spiro atoms. The maximum Gasteiger partial charge on any atom is 0.311 e. The van der Waals surface area contributed by atoms with E-state index < -0.39 is 4.92 Å². The molecule has 0 unspecified atom stereocenters. The fourth-order valence-electron chi connectivity index (χ4n) is 1.72. The van der Waals surface area contributed by atoms with Crippen molar-refractivity contribution in [3.8, 4) is 11.5 Å². The molecule has 0 radical (unpaired) electrons. The average Bonchev–Trinajstić information content (AvgIpc) is 2.38. The number of nitrogens with two attached hydrogens (primary N) is 1. The maximum absolute atomic E-state index is 11.0. The number of nitro groups is 1. The highest BCUT2D eigenvalue weighted by atomic mass is 35.5. The number of nitro benzene ring substituents is 1. The van der Waals surface area contributed by atoms with Crippen LogP contribution in [-0.2, 0) is 6.54 Å². The first kappa shape index (κ1) is 15.9. The van der Waals surface area contributed by atoms with E-state index in [9.17, 15) is 10.1 Å². The lowest BCUT2D eigenvalue weighted by Crippen LogP contribution is -1.97. The molecule has 0 heterocycles. The highest BCUT2D eigenvalue weighted by molar-refractivity contribution is 5.85. The summed E-state index contributed by atoms with van der Waals surface area (Å²) in [4.78, 5) is 10.5. The minimum Gasteiger partial charge on any atom is -0.450 e. The first-order valence-corrected chi connectivity index (χ1v) is 5.82. The van der Waals surface area contributed by atoms with E-state index in [0.29, 0.717) is 12.3 Å². The number of hydrogen-bond acceptors (Lipinski definition) is 4. The van der Waals surface area contributed by atoms with Gasteiger partial charge >= 0.3 is 5.69 Å². The number of benzene rings is 2. The summed E-state index contributed by atoms with van der Waals surface area (Å²) >= 11 is 0. The highest BCUT2D eigenvalue weighted by Crippen LogP contribution is 2.32. The standard InChI is InChI=1S/C14H14N2O3.ClH/c1-10-5-6-13(16(17)18)14(7-10)19-12-4-2-3-11(8-12)9-15;/h2-8H,9,15H2,1H3;1H. The third kappa shape index (κ3) is 3.69. The average molecular weight is 295 g/mol. The second-order valence-corrected chi connectivity index (χ2v) is 4.18. The van der Waals surface area contributed by atoms with Gasteiger partial charge in [-0.3, -0.25) is 10.1 Å². The molecule has 2 aromatic rings. The monoisotopic (exact) mass is 294 g/mol. The van der Waals surface area contributed by atoms with Crippen LogP contribution in [0.1, 0.15) is 11.1 Å². The van der Waals surface area contributed by atoms with Crippen molar-refractivity contribution < 1.29 is 9.66 Å². The summed E-state index contributed by atoms with van der Waals surface area (Å²) in [6, 6.07) is 12.0. The summed E-state index contributed by atoms with van der Waals surface area (Å²) < 4.78 is 5.60. The van der Waals surface area contributed by atoms with E-state index in [-0.39, 0.29) is 23.8 Å². The molecule has 0 saturated heterocycles. The van der Waals surface area contributed by atoms with E-state index in [4.69, 9.17) is 10.5 Å². The molecule has 2 aromatic carbocycles. The third-order valence-corrected chi connectivity index (χ3v) is 2.67. The second kappa shape index (κ2) is 6.88. The van der Waals surface area contributed by atoms with Gasteiger partial charge in [-0.15, -0.1) is 12.4 Å². The van der Waals surface area contributed by atoms with Crippen molar-refractivity contribution in [3.63, 3.8) is 0 Å². The van der Waals surface area contributed by atoms with Gasteiger partial charge in [0.2, 0.25) is 5.75 Å². The molecule has 0 aromatic heterocycles. The molecular weight excluding hydrogens is 280 g/mol. The van der Waals surface area contributed by atoms with Crippen LogP contribution in [0.4, 0.5) is 5.69 Å². The SMILES string of the molecule is Cc1ccc([N+](=O)[O-])c(Oc2cccc(CN)c2)c1.Cl. The maximum atomic E-state index is 11.0. The number of ether oxygens (including phenoxy) is 1. The minimum absolute atomic E-state index is 0. The quantitative estimate of drug-likeness (QED) is 0.690. The molecule has 5 nitrogen and oxygen atoms in total. The number of halogens is 1. The molecule has 106 valence electrons. The Morgan fingerprint density at radius 1 is 1.25 bits per heavy atom. The molecule has 0 aliphatic carbocycles. The predicted molar refractivity (Wildman–Crippen MR) is 79.5 cm³/mol. The van der Waals surface area contributed by atoms with Crippen LogP contribution < -0.4 is 10.5 Å². The van der Waals surface area contributed by atoms with Gasteiger partial charge in [0.1, 0.15) is 5.75 Å². The zero-order chi connectivity index (χ0) is 13.8. The van der Waals surface area contributed by atoms with Crippen molar-refractivity contribution in [2.45, 2.75) is 13.5 Å². The van der Waals surface area contributed by atoms with E-state index in [1.54, 1.807) is 30.3 Å². The van der Waals surface area contributed by atoms with E-state index in [0.717, 1.165) is 11.1 Å². The molecule has 0 atom stereocenters. The molecule has 2 N–H and O–H groups in total. The van der Waals surface area contributed by atoms with Crippen molar-refractivity contribution in [2.75, 3.05) is 0 Å². The summed E-state index contributed by atoms with van der Waals surface area (Å²) in [6.45, 7) is 2.25. The van der Waals surface area contributed by atoms with Crippen molar-refractivity contribution in [1.29, 1.82) is 0 Å². The predicted octanol–water partition coefficient (Wildman–Crippen LogP) is 3.58. The molecule has 0 amide bonds. The molecule has 2 rings (SSSR count). The van der Waals surface area contributed by atoms with Crippen LogP contribution in [0.15, 0.2) is 42.5 Å². The Kier molecular flexibility index (Phi) is 5.49. The third-order valence-electron chi connectivity index (χ3n) is 2.67. The van der Waals surface area contributed by atoms with E-state index in [2.05, 4.69) is 0 Å². The second-order valence-electron chi connectivity index (χ2n) is 4.18. The molecular formula is C14H15ClN2O3. The Bertz CT molecular complexity index is 617. The number of hydrogen-bond donors (Lipinski definition) is 1. The van der Waals surface area contributed by atoms with Gasteiger partial charge in [0.05, 0.1) is 4.92 Å². The van der Waals surface area contributed by atoms with Crippen molar-refractivity contribution in [1.82, 2.24) is 0 Å². The lowest BCUT2D eigenvalue weighted by atomic mass is 10.2. The molecule has 0 aliphatic rings. The minimum atomic E-state index is -0.457. The van der Waals surface area contributed by atoms with Crippen molar-refractivity contribution in [2.24, 2.45) is 5.73 Å². The molecule has 20 heavy (non-hydrogen) atoms. The first-order chi connectivity index (χ1) is 9.10. The van der Waals surface area contributed by atoms with Crippen LogP contribution in [0.25, 0.3) is 0 Å².